The molecule has 1 aliphatic heterocycles. The van der Waals surface area contributed by atoms with Gasteiger partial charge in [0.1, 0.15) is 5.49 Å². The summed E-state index contributed by atoms with van der Waals surface area (Å²) in [4.78, 5) is 11.0. The number of allylic oxidation sites excluding steroid dienone is 3. The van der Waals surface area contributed by atoms with Gasteiger partial charge in [-0.2, -0.15) is 0 Å². The van der Waals surface area contributed by atoms with Crippen molar-refractivity contribution in [1.29, 1.82) is 0 Å². The van der Waals surface area contributed by atoms with E-state index < -0.39 is 0 Å². The number of benzene rings is 2. The van der Waals surface area contributed by atoms with Crippen molar-refractivity contribution in [3.63, 3.8) is 0 Å². The van der Waals surface area contributed by atoms with Gasteiger partial charge >= 0.3 is 0 Å². The molecule has 166 valence electrons. The topological polar surface area (TPSA) is 43.4 Å². The molecule has 0 atom stereocenters. The fourth-order valence-electron chi connectivity index (χ4n) is 4.47. The number of fused-ring (bicyclic) bond motifs is 3. The number of rotatable bonds is 7. The van der Waals surface area contributed by atoms with Gasteiger partial charge in [0.2, 0.25) is 0 Å². The molecule has 32 heavy (non-hydrogen) atoms. The molecule has 0 radical (unpaired) electrons. The molecule has 2 aromatic carbocycles. The summed E-state index contributed by atoms with van der Waals surface area (Å²) in [5.41, 5.74) is 9.18. The predicted molar refractivity (Wildman–Crippen MR) is 136 cm³/mol. The summed E-state index contributed by atoms with van der Waals surface area (Å²) in [6, 6.07) is 15.2. The third-order valence-electron chi connectivity index (χ3n) is 6.43. The Labute approximate surface area is 191 Å². The molecule has 2 heterocycles. The first-order valence-electron chi connectivity index (χ1n) is 11.6. The van der Waals surface area contributed by atoms with Crippen LogP contribution in [0.1, 0.15) is 33.3 Å². The fraction of sp³-hybridized carbons (Fsp3) is 0.321. The van der Waals surface area contributed by atoms with Crippen molar-refractivity contribution in [2.24, 2.45) is 4.99 Å². The summed E-state index contributed by atoms with van der Waals surface area (Å²) in [5.74, 6) is 0. The number of aryl methyl sites for hydroxylation is 1. The van der Waals surface area contributed by atoms with E-state index in [1.807, 2.05) is 0 Å². The lowest BCUT2D eigenvalue weighted by molar-refractivity contribution is 0.306. The van der Waals surface area contributed by atoms with E-state index in [1.54, 1.807) is 0 Å². The lowest BCUT2D eigenvalue weighted by Gasteiger charge is -2.20. The van der Waals surface area contributed by atoms with E-state index in [1.165, 1.54) is 27.6 Å². The lowest BCUT2D eigenvalue weighted by atomic mass is 9.99. The van der Waals surface area contributed by atoms with Crippen molar-refractivity contribution < 1.29 is 0 Å². The predicted octanol–water partition coefficient (Wildman–Crippen LogP) is 4.67. The summed E-state index contributed by atoms with van der Waals surface area (Å²) in [6.45, 7) is 14.9. The molecule has 0 saturated heterocycles. The van der Waals surface area contributed by atoms with Crippen LogP contribution in [0.4, 0.5) is 0 Å². The van der Waals surface area contributed by atoms with E-state index in [9.17, 15) is 0 Å². The van der Waals surface area contributed by atoms with Crippen LogP contribution in [0.15, 0.2) is 70.5 Å². The van der Waals surface area contributed by atoms with E-state index in [2.05, 4.69) is 104 Å². The molecule has 0 fully saturated rings. The molecule has 0 unspecified atom stereocenters. The number of likely N-dealkylation sites (N-methyl/N-ethyl adjacent to an activating group) is 1. The second-order valence-corrected chi connectivity index (χ2v) is 8.50. The SMILES string of the molecule is CCN(CC)CCNC1=C(C)/N=c2\[nH]c3ccc(-c4ccccc4C)cc3\c2=C\C=C\1C. The maximum atomic E-state index is 5.00. The second-order valence-electron chi connectivity index (χ2n) is 8.50. The minimum Gasteiger partial charge on any atom is -0.382 e. The van der Waals surface area contributed by atoms with Gasteiger partial charge in [-0.1, -0.05) is 56.3 Å². The molecule has 4 nitrogen and oxygen atoms in total. The van der Waals surface area contributed by atoms with Gasteiger partial charge < -0.3 is 15.2 Å². The zero-order valence-electron chi connectivity index (χ0n) is 19.9. The first kappa shape index (κ1) is 22.1. The summed E-state index contributed by atoms with van der Waals surface area (Å²) >= 11 is 0. The third-order valence-corrected chi connectivity index (χ3v) is 6.43. The summed E-state index contributed by atoms with van der Waals surface area (Å²) in [7, 11) is 0. The molecule has 1 aliphatic rings. The average Bonchev–Trinajstić information content (AvgIpc) is 3.12. The van der Waals surface area contributed by atoms with Gasteiger partial charge in [0.25, 0.3) is 0 Å². The number of aromatic amines is 1. The summed E-state index contributed by atoms with van der Waals surface area (Å²) < 4.78 is 0. The highest BCUT2D eigenvalue weighted by molar-refractivity contribution is 5.87. The van der Waals surface area contributed by atoms with Crippen LogP contribution in [0, 0.1) is 6.92 Å². The summed E-state index contributed by atoms with van der Waals surface area (Å²) in [6.07, 6.45) is 4.41. The molecule has 1 aromatic heterocycles. The molecule has 3 aromatic rings. The van der Waals surface area contributed by atoms with Crippen molar-refractivity contribution in [1.82, 2.24) is 15.2 Å². The first-order valence-corrected chi connectivity index (χ1v) is 11.6. The van der Waals surface area contributed by atoms with Gasteiger partial charge in [-0.15, -0.1) is 0 Å². The number of hydrogen-bond donors (Lipinski definition) is 2. The zero-order chi connectivity index (χ0) is 22.7. The third kappa shape index (κ3) is 4.42. The molecule has 4 rings (SSSR count). The van der Waals surface area contributed by atoms with Crippen LogP contribution in [0.3, 0.4) is 0 Å². The van der Waals surface area contributed by atoms with Crippen molar-refractivity contribution >= 4 is 17.0 Å². The molecular formula is C28H34N4. The Hall–Kier alpha value is -3.11. The maximum absolute atomic E-state index is 5.00. The first-order chi connectivity index (χ1) is 15.5. The van der Waals surface area contributed by atoms with Crippen LogP contribution in [0.25, 0.3) is 28.1 Å². The minimum atomic E-state index is 0.911. The molecule has 0 saturated carbocycles. The van der Waals surface area contributed by atoms with Gasteiger partial charge in [0.05, 0.1) is 11.4 Å². The van der Waals surface area contributed by atoms with Crippen LogP contribution in [0.2, 0.25) is 0 Å². The minimum absolute atomic E-state index is 0.911. The van der Waals surface area contributed by atoms with E-state index in [4.69, 9.17) is 4.99 Å². The number of nitrogens with zero attached hydrogens (tertiary/aromatic N) is 2. The molecule has 0 amide bonds. The van der Waals surface area contributed by atoms with Crippen molar-refractivity contribution in [3.05, 3.63) is 81.8 Å². The van der Waals surface area contributed by atoms with E-state index in [0.29, 0.717) is 0 Å². The highest BCUT2D eigenvalue weighted by atomic mass is 15.1. The highest BCUT2D eigenvalue weighted by Gasteiger charge is 2.10. The lowest BCUT2D eigenvalue weighted by Crippen LogP contribution is -2.32. The molecule has 2 N–H and O–H groups in total. The molecular weight excluding hydrogens is 392 g/mol. The van der Waals surface area contributed by atoms with Gasteiger partial charge in [0, 0.05) is 29.2 Å². The van der Waals surface area contributed by atoms with Crippen LogP contribution >= 0.6 is 0 Å². The number of aromatic nitrogens is 1. The van der Waals surface area contributed by atoms with Crippen LogP contribution in [-0.4, -0.2) is 36.1 Å². The van der Waals surface area contributed by atoms with E-state index in [0.717, 1.165) is 53.8 Å². The molecule has 0 spiro atoms. The van der Waals surface area contributed by atoms with Crippen LogP contribution in [0.5, 0.6) is 0 Å². The Balaban J connectivity index is 1.74. The summed E-state index contributed by atoms with van der Waals surface area (Å²) in [5, 5.41) is 5.99. The Morgan fingerprint density at radius 3 is 2.50 bits per heavy atom. The van der Waals surface area contributed by atoms with Gasteiger partial charge in [-0.05, 0) is 68.3 Å². The number of nitrogens with one attached hydrogen (secondary N) is 2. The quantitative estimate of drug-likeness (QED) is 0.577. The normalized spacial score (nSPS) is 19.9. The van der Waals surface area contributed by atoms with E-state index in [-0.39, 0.29) is 0 Å². The number of H-pyrrole nitrogens is 1. The Morgan fingerprint density at radius 1 is 0.969 bits per heavy atom. The van der Waals surface area contributed by atoms with Crippen molar-refractivity contribution in [2.75, 3.05) is 26.2 Å². The second kappa shape index (κ2) is 9.58. The van der Waals surface area contributed by atoms with Crippen LogP contribution in [-0.2, 0) is 0 Å². The smallest absolute Gasteiger partial charge is 0.138 e. The number of hydrogen-bond acceptors (Lipinski definition) is 3. The largest absolute Gasteiger partial charge is 0.382 e. The molecule has 0 bridgehead atoms. The van der Waals surface area contributed by atoms with Crippen molar-refractivity contribution in [3.8, 4) is 11.1 Å². The van der Waals surface area contributed by atoms with Gasteiger partial charge in [-0.25, -0.2) is 4.99 Å². The average molecular weight is 427 g/mol. The molecule has 4 heteroatoms. The fourth-order valence-corrected chi connectivity index (χ4v) is 4.47. The zero-order valence-corrected chi connectivity index (χ0v) is 19.9. The Kier molecular flexibility index (Phi) is 6.61. The van der Waals surface area contributed by atoms with Gasteiger partial charge in [0.15, 0.2) is 0 Å². The van der Waals surface area contributed by atoms with E-state index >= 15 is 0 Å². The van der Waals surface area contributed by atoms with Crippen molar-refractivity contribution in [2.45, 2.75) is 34.6 Å². The Bertz CT molecular complexity index is 1300. The molecule has 0 aliphatic carbocycles. The Morgan fingerprint density at radius 2 is 1.75 bits per heavy atom. The van der Waals surface area contributed by atoms with Gasteiger partial charge in [-0.3, -0.25) is 0 Å². The van der Waals surface area contributed by atoms with Crippen LogP contribution < -0.4 is 16.0 Å². The highest BCUT2D eigenvalue weighted by Crippen LogP contribution is 2.25. The maximum Gasteiger partial charge on any atom is 0.138 e. The monoisotopic (exact) mass is 426 g/mol. The standard InChI is InChI=1S/C28H34N4/c1-6-32(7-2)17-16-29-27-20(4)12-14-24-25-18-22(23-11-9-8-10-19(23)3)13-15-26(25)31-28(24)30-21(27)5/h8-15,18,29H,6-7,16-17H2,1-5H3,(H,30,31).